The number of rotatable bonds is 2. The molecule has 0 radical (unpaired) electrons. The van der Waals surface area contributed by atoms with Gasteiger partial charge in [0.2, 0.25) is 0 Å². The molecule has 0 atom stereocenters. The van der Waals surface area contributed by atoms with Crippen molar-refractivity contribution in [2.75, 3.05) is 5.32 Å². The maximum absolute atomic E-state index is 12.6. The minimum Gasteiger partial charge on any atom is -0.320 e. The van der Waals surface area contributed by atoms with Gasteiger partial charge in [0.05, 0.1) is 11.3 Å². The van der Waals surface area contributed by atoms with E-state index in [0.717, 1.165) is 17.9 Å². The van der Waals surface area contributed by atoms with Crippen molar-refractivity contribution < 1.29 is 4.79 Å². The summed E-state index contributed by atoms with van der Waals surface area (Å²) in [5.41, 5.74) is 1.19. The molecule has 1 N–H and O–H groups in total. The first-order valence-corrected chi connectivity index (χ1v) is 10.2. The topological polar surface area (TPSA) is 29.1 Å². The zero-order valence-corrected chi connectivity index (χ0v) is 19.5. The number of amides is 1. The van der Waals surface area contributed by atoms with E-state index in [0.29, 0.717) is 20.2 Å². The molecule has 0 spiro atoms. The Morgan fingerprint density at radius 2 is 1.33 bits per heavy atom. The smallest absolute Gasteiger partial charge is 0.258 e. The van der Waals surface area contributed by atoms with Crippen molar-refractivity contribution >= 4 is 107 Å². The molecule has 0 bridgehead atoms. The van der Waals surface area contributed by atoms with Gasteiger partial charge in [-0.15, -0.1) is 0 Å². The Morgan fingerprint density at radius 1 is 0.810 bits per heavy atom. The number of halogens is 6. The Bertz CT molecular complexity index is 708. The van der Waals surface area contributed by atoms with Crippen molar-refractivity contribution in [1.82, 2.24) is 0 Å². The van der Waals surface area contributed by atoms with Gasteiger partial charge in [0.25, 0.3) is 5.91 Å². The molecule has 2 aromatic rings. The minimum absolute atomic E-state index is 0.223. The SMILES string of the molecule is O=C(Nc1c(Br)cc(Br)cc1Br)c1c(Br)ccc(Br)c1Br. The Hall–Kier alpha value is 0.790. The molecule has 0 aromatic heterocycles. The molecule has 0 aliphatic rings. The van der Waals surface area contributed by atoms with E-state index in [2.05, 4.69) is 101 Å². The average Bonchev–Trinajstić information content (AvgIpc) is 2.38. The fourth-order valence-corrected chi connectivity index (χ4v) is 5.66. The first kappa shape index (κ1) is 18.1. The number of carbonyl (C=O) groups is 1. The summed E-state index contributed by atoms with van der Waals surface area (Å²) in [6, 6.07) is 7.41. The third kappa shape index (κ3) is 4.20. The molecule has 0 saturated heterocycles. The Labute approximate surface area is 172 Å². The van der Waals surface area contributed by atoms with Crippen LogP contribution in [0.4, 0.5) is 5.69 Å². The Balaban J connectivity index is 2.42. The lowest BCUT2D eigenvalue weighted by molar-refractivity contribution is 0.102. The lowest BCUT2D eigenvalue weighted by Crippen LogP contribution is -2.14. The fraction of sp³-hybridized carbons (Fsp3) is 0. The first-order chi connectivity index (χ1) is 9.81. The van der Waals surface area contributed by atoms with E-state index in [-0.39, 0.29) is 5.91 Å². The molecule has 1 amide bonds. The van der Waals surface area contributed by atoms with Crippen molar-refractivity contribution in [3.05, 3.63) is 56.7 Å². The van der Waals surface area contributed by atoms with Gasteiger partial charge in [-0.2, -0.15) is 0 Å². The summed E-state index contributed by atoms with van der Waals surface area (Å²) in [5, 5.41) is 2.90. The minimum atomic E-state index is -0.223. The van der Waals surface area contributed by atoms with Crippen molar-refractivity contribution in [2.45, 2.75) is 0 Å². The van der Waals surface area contributed by atoms with E-state index in [1.54, 1.807) is 0 Å². The molecule has 0 unspecified atom stereocenters. The van der Waals surface area contributed by atoms with E-state index in [1.807, 2.05) is 24.3 Å². The molecule has 0 saturated carbocycles. The number of benzene rings is 2. The van der Waals surface area contributed by atoms with Crippen molar-refractivity contribution in [3.8, 4) is 0 Å². The van der Waals surface area contributed by atoms with Crippen LogP contribution in [0.1, 0.15) is 10.4 Å². The number of hydrogen-bond acceptors (Lipinski definition) is 1. The molecule has 8 heteroatoms. The van der Waals surface area contributed by atoms with E-state index in [4.69, 9.17) is 0 Å². The molecule has 2 nitrogen and oxygen atoms in total. The van der Waals surface area contributed by atoms with Gasteiger partial charge in [0.15, 0.2) is 0 Å². The number of hydrogen-bond donors (Lipinski definition) is 1. The summed E-state index contributed by atoms with van der Waals surface area (Å²) in [4.78, 5) is 12.6. The first-order valence-electron chi connectivity index (χ1n) is 5.40. The number of anilines is 1. The standard InChI is InChI=1S/C13H5Br6NO/c14-5-3-8(17)12(9(18)4-5)20-13(21)10-6(15)1-2-7(16)11(10)19/h1-4H,(H,20,21). The maximum Gasteiger partial charge on any atom is 0.258 e. The molecule has 2 aromatic carbocycles. The molecule has 0 heterocycles. The zero-order chi connectivity index (χ0) is 15.7. The summed E-state index contributed by atoms with van der Waals surface area (Å²) in [5.74, 6) is -0.223. The second-order valence-corrected chi connectivity index (χ2v) is 9.04. The average molecular weight is 671 g/mol. The zero-order valence-electron chi connectivity index (χ0n) is 9.99. The lowest BCUT2D eigenvalue weighted by Gasteiger charge is -2.13. The van der Waals surface area contributed by atoms with Crippen molar-refractivity contribution in [3.63, 3.8) is 0 Å². The van der Waals surface area contributed by atoms with Crippen LogP contribution in [0.15, 0.2) is 51.1 Å². The number of nitrogens with one attached hydrogen (secondary N) is 1. The molecule has 0 aliphatic carbocycles. The van der Waals surface area contributed by atoms with Crippen LogP contribution < -0.4 is 5.32 Å². The predicted octanol–water partition coefficient (Wildman–Crippen LogP) is 7.51. The van der Waals surface area contributed by atoms with E-state index >= 15 is 0 Å². The molecular formula is C13H5Br6NO. The second-order valence-electron chi connectivity index (χ2n) is 3.92. The molecule has 0 aliphatic heterocycles. The van der Waals surface area contributed by atoms with Gasteiger partial charge < -0.3 is 5.32 Å². The highest BCUT2D eigenvalue weighted by atomic mass is 79.9. The molecule has 2 rings (SSSR count). The van der Waals surface area contributed by atoms with E-state index < -0.39 is 0 Å². The van der Waals surface area contributed by atoms with E-state index in [9.17, 15) is 4.79 Å². The van der Waals surface area contributed by atoms with Gasteiger partial charge in [-0.1, -0.05) is 15.9 Å². The second kappa shape index (κ2) is 7.57. The fourth-order valence-electron chi connectivity index (χ4n) is 1.57. The third-order valence-electron chi connectivity index (χ3n) is 2.52. The molecular weight excluding hydrogens is 666 g/mol. The van der Waals surface area contributed by atoms with Gasteiger partial charge in [-0.3, -0.25) is 4.79 Å². The summed E-state index contributed by atoms with van der Waals surface area (Å²) in [7, 11) is 0. The monoisotopic (exact) mass is 665 g/mol. The quantitative estimate of drug-likeness (QED) is 0.330. The van der Waals surface area contributed by atoms with Crippen LogP contribution in [0.25, 0.3) is 0 Å². The van der Waals surface area contributed by atoms with Crippen LogP contribution >= 0.6 is 95.6 Å². The number of carbonyl (C=O) groups excluding carboxylic acids is 1. The Morgan fingerprint density at radius 3 is 1.90 bits per heavy atom. The normalized spacial score (nSPS) is 10.6. The molecule has 21 heavy (non-hydrogen) atoms. The van der Waals surface area contributed by atoms with Crippen LogP contribution in [-0.4, -0.2) is 5.91 Å². The highest BCUT2D eigenvalue weighted by molar-refractivity contribution is 9.13. The van der Waals surface area contributed by atoms with Gasteiger partial charge >= 0.3 is 0 Å². The largest absolute Gasteiger partial charge is 0.320 e. The highest BCUT2D eigenvalue weighted by Crippen LogP contribution is 2.37. The Kier molecular flexibility index (Phi) is 6.54. The van der Waals surface area contributed by atoms with Gasteiger partial charge in [0.1, 0.15) is 0 Å². The summed E-state index contributed by atoms with van der Waals surface area (Å²) < 4.78 is 4.67. The van der Waals surface area contributed by atoms with Gasteiger partial charge in [0, 0.05) is 26.8 Å². The molecule has 0 fully saturated rings. The van der Waals surface area contributed by atoms with Crippen LogP contribution in [-0.2, 0) is 0 Å². The van der Waals surface area contributed by atoms with Crippen molar-refractivity contribution in [1.29, 1.82) is 0 Å². The predicted molar refractivity (Wildman–Crippen MR) is 107 cm³/mol. The van der Waals surface area contributed by atoms with Crippen LogP contribution in [0.2, 0.25) is 0 Å². The summed E-state index contributed by atoms with van der Waals surface area (Å²) >= 11 is 20.5. The third-order valence-corrected chi connectivity index (χ3v) is 6.90. The van der Waals surface area contributed by atoms with Gasteiger partial charge in [-0.05, 0) is 104 Å². The van der Waals surface area contributed by atoms with Crippen LogP contribution in [0.5, 0.6) is 0 Å². The molecule has 110 valence electrons. The van der Waals surface area contributed by atoms with Crippen LogP contribution in [0.3, 0.4) is 0 Å². The summed E-state index contributed by atoms with van der Waals surface area (Å²) in [6.45, 7) is 0. The summed E-state index contributed by atoms with van der Waals surface area (Å²) in [6.07, 6.45) is 0. The maximum atomic E-state index is 12.6. The van der Waals surface area contributed by atoms with Crippen LogP contribution in [0, 0.1) is 0 Å². The van der Waals surface area contributed by atoms with E-state index in [1.165, 1.54) is 0 Å². The van der Waals surface area contributed by atoms with Gasteiger partial charge in [-0.25, -0.2) is 0 Å². The highest BCUT2D eigenvalue weighted by Gasteiger charge is 2.18. The lowest BCUT2D eigenvalue weighted by atomic mass is 10.2. The van der Waals surface area contributed by atoms with Crippen molar-refractivity contribution in [2.24, 2.45) is 0 Å².